The fraction of sp³-hybridized carbons (Fsp3) is 0.643. The molecule has 15 heavy (non-hydrogen) atoms. The Labute approximate surface area is 93.1 Å². The average molecular weight is 204 g/mol. The lowest BCUT2D eigenvalue weighted by Crippen LogP contribution is -2.49. The number of hydrogen-bond acceptors (Lipinski definition) is 0. The molecule has 1 saturated carbocycles. The van der Waals surface area contributed by atoms with E-state index in [0.717, 1.165) is 5.92 Å². The van der Waals surface area contributed by atoms with Gasteiger partial charge in [-0.25, -0.2) is 4.57 Å². The predicted octanol–water partition coefficient (Wildman–Crippen LogP) is 3.39. The second-order valence-corrected chi connectivity index (χ2v) is 5.69. The molecule has 0 aliphatic heterocycles. The monoisotopic (exact) mass is 204 g/mol. The van der Waals surface area contributed by atoms with Gasteiger partial charge in [0.15, 0.2) is 17.9 Å². The van der Waals surface area contributed by atoms with E-state index in [2.05, 4.69) is 49.9 Å². The molecule has 0 bridgehead atoms. The summed E-state index contributed by atoms with van der Waals surface area (Å²) in [5.41, 5.74) is 1.74. The first kappa shape index (κ1) is 10.7. The molecule has 1 aromatic heterocycles. The van der Waals surface area contributed by atoms with Crippen LogP contribution < -0.4 is 4.57 Å². The summed E-state index contributed by atoms with van der Waals surface area (Å²) in [7, 11) is 0. The molecule has 1 heterocycles. The molecule has 1 aromatic rings. The van der Waals surface area contributed by atoms with Crippen molar-refractivity contribution in [2.75, 3.05) is 0 Å². The number of aromatic nitrogens is 1. The average Bonchev–Trinajstić information content (AvgIpc) is 2.69. The maximum Gasteiger partial charge on any atom is 0.169 e. The van der Waals surface area contributed by atoms with Crippen LogP contribution in [0.2, 0.25) is 0 Å². The Morgan fingerprint density at radius 2 is 1.60 bits per heavy atom. The van der Waals surface area contributed by atoms with Crippen LogP contribution in [-0.2, 0) is 5.54 Å². The third kappa shape index (κ3) is 2.39. The molecular weight excluding hydrogens is 182 g/mol. The van der Waals surface area contributed by atoms with Crippen LogP contribution in [0.4, 0.5) is 0 Å². The normalized spacial score (nSPS) is 18.3. The minimum atomic E-state index is 0.203. The molecule has 0 spiro atoms. The van der Waals surface area contributed by atoms with Crippen LogP contribution in [0.3, 0.4) is 0 Å². The Morgan fingerprint density at radius 3 is 2.07 bits per heavy atom. The van der Waals surface area contributed by atoms with Gasteiger partial charge in [-0.2, -0.15) is 0 Å². The van der Waals surface area contributed by atoms with Crippen LogP contribution in [0, 0.1) is 0 Å². The first-order valence-electron chi connectivity index (χ1n) is 6.09. The van der Waals surface area contributed by atoms with Crippen LogP contribution >= 0.6 is 0 Å². The lowest BCUT2D eigenvalue weighted by atomic mass is 9.98. The highest BCUT2D eigenvalue weighted by atomic mass is 15.0. The van der Waals surface area contributed by atoms with Crippen molar-refractivity contribution >= 4 is 0 Å². The summed E-state index contributed by atoms with van der Waals surface area (Å²) in [6.07, 6.45) is 10.1. The van der Waals surface area contributed by atoms with Crippen molar-refractivity contribution in [1.82, 2.24) is 0 Å². The zero-order valence-corrected chi connectivity index (χ0v) is 10.2. The molecule has 0 radical (unpaired) electrons. The van der Waals surface area contributed by atoms with Crippen molar-refractivity contribution in [3.05, 3.63) is 30.1 Å². The largest absolute Gasteiger partial charge is 0.201 e. The van der Waals surface area contributed by atoms with E-state index >= 15 is 0 Å². The van der Waals surface area contributed by atoms with Crippen LogP contribution in [0.25, 0.3) is 0 Å². The van der Waals surface area contributed by atoms with E-state index in [1.807, 2.05) is 0 Å². The maximum absolute atomic E-state index is 2.31. The minimum absolute atomic E-state index is 0.203. The molecule has 0 aromatic carbocycles. The fourth-order valence-corrected chi connectivity index (χ4v) is 2.42. The highest BCUT2D eigenvalue weighted by Gasteiger charge is 2.22. The van der Waals surface area contributed by atoms with E-state index in [9.17, 15) is 0 Å². The van der Waals surface area contributed by atoms with E-state index < -0.39 is 0 Å². The van der Waals surface area contributed by atoms with Crippen LogP contribution in [0.5, 0.6) is 0 Å². The standard InChI is InChI=1S/C14H22N/c1-14(2,3)15-10-8-13(9-11-15)12-6-4-5-7-12/h8-12H,4-7H2,1-3H3/q+1. The van der Waals surface area contributed by atoms with Gasteiger partial charge in [0.25, 0.3) is 0 Å². The highest BCUT2D eigenvalue weighted by Crippen LogP contribution is 2.33. The smallest absolute Gasteiger partial charge is 0.169 e. The van der Waals surface area contributed by atoms with E-state index in [1.54, 1.807) is 0 Å². The number of nitrogens with zero attached hydrogens (tertiary/aromatic N) is 1. The molecule has 1 aliphatic rings. The number of rotatable bonds is 1. The molecule has 1 heteroatoms. The van der Waals surface area contributed by atoms with Crippen LogP contribution in [0.15, 0.2) is 24.5 Å². The molecule has 0 atom stereocenters. The second-order valence-electron chi connectivity index (χ2n) is 5.69. The molecule has 1 nitrogen and oxygen atoms in total. The van der Waals surface area contributed by atoms with Crippen molar-refractivity contribution in [3.63, 3.8) is 0 Å². The van der Waals surface area contributed by atoms with Crippen molar-refractivity contribution in [1.29, 1.82) is 0 Å². The lowest BCUT2D eigenvalue weighted by molar-refractivity contribution is -0.754. The van der Waals surface area contributed by atoms with Gasteiger partial charge >= 0.3 is 0 Å². The highest BCUT2D eigenvalue weighted by molar-refractivity contribution is 5.15. The Morgan fingerprint density at radius 1 is 1.07 bits per heavy atom. The topological polar surface area (TPSA) is 3.88 Å². The first-order chi connectivity index (χ1) is 7.07. The molecule has 0 saturated heterocycles. The summed E-state index contributed by atoms with van der Waals surface area (Å²) in [5, 5.41) is 0. The summed E-state index contributed by atoms with van der Waals surface area (Å²) >= 11 is 0. The Kier molecular flexibility index (Phi) is 2.81. The summed E-state index contributed by atoms with van der Waals surface area (Å²) in [4.78, 5) is 0. The lowest BCUT2D eigenvalue weighted by Gasteiger charge is -2.14. The number of hydrogen-bond donors (Lipinski definition) is 0. The summed E-state index contributed by atoms with van der Waals surface area (Å²) in [5.74, 6) is 0.833. The van der Waals surface area contributed by atoms with E-state index in [4.69, 9.17) is 0 Å². The molecular formula is C14H22N+. The van der Waals surface area contributed by atoms with Crippen LogP contribution in [0.1, 0.15) is 57.9 Å². The van der Waals surface area contributed by atoms with Gasteiger partial charge in [-0.05, 0) is 24.3 Å². The van der Waals surface area contributed by atoms with Gasteiger partial charge in [0.05, 0.1) is 0 Å². The van der Waals surface area contributed by atoms with Gasteiger partial charge in [-0.15, -0.1) is 0 Å². The fourth-order valence-electron chi connectivity index (χ4n) is 2.42. The molecule has 0 unspecified atom stereocenters. The zero-order valence-electron chi connectivity index (χ0n) is 10.2. The summed E-state index contributed by atoms with van der Waals surface area (Å²) in [6, 6.07) is 4.61. The molecule has 1 fully saturated rings. The van der Waals surface area contributed by atoms with Crippen molar-refractivity contribution in [3.8, 4) is 0 Å². The predicted molar refractivity (Wildman–Crippen MR) is 62.8 cm³/mol. The van der Waals surface area contributed by atoms with Gasteiger partial charge < -0.3 is 0 Å². The van der Waals surface area contributed by atoms with Gasteiger partial charge in [0.1, 0.15) is 0 Å². The third-order valence-electron chi connectivity index (χ3n) is 3.46. The van der Waals surface area contributed by atoms with E-state index in [1.165, 1.54) is 31.2 Å². The molecule has 2 rings (SSSR count). The first-order valence-corrected chi connectivity index (χ1v) is 6.09. The van der Waals surface area contributed by atoms with E-state index in [0.29, 0.717) is 0 Å². The van der Waals surface area contributed by atoms with Crippen molar-refractivity contribution in [2.45, 2.75) is 57.9 Å². The van der Waals surface area contributed by atoms with E-state index in [-0.39, 0.29) is 5.54 Å². The van der Waals surface area contributed by atoms with Crippen molar-refractivity contribution in [2.24, 2.45) is 0 Å². The molecule has 0 amide bonds. The maximum atomic E-state index is 2.31. The van der Waals surface area contributed by atoms with Gasteiger partial charge in [0.2, 0.25) is 0 Å². The Balaban J connectivity index is 2.16. The molecule has 82 valence electrons. The van der Waals surface area contributed by atoms with Crippen molar-refractivity contribution < 1.29 is 4.57 Å². The second kappa shape index (κ2) is 3.96. The van der Waals surface area contributed by atoms with Gasteiger partial charge in [0, 0.05) is 32.9 Å². The summed E-state index contributed by atoms with van der Waals surface area (Å²) < 4.78 is 2.28. The zero-order chi connectivity index (χ0) is 10.9. The van der Waals surface area contributed by atoms with Gasteiger partial charge in [-0.1, -0.05) is 12.8 Å². The third-order valence-corrected chi connectivity index (χ3v) is 3.46. The Bertz CT molecular complexity index is 312. The quantitative estimate of drug-likeness (QED) is 0.617. The molecule has 1 aliphatic carbocycles. The minimum Gasteiger partial charge on any atom is -0.201 e. The summed E-state index contributed by atoms with van der Waals surface area (Å²) in [6.45, 7) is 6.72. The van der Waals surface area contributed by atoms with Gasteiger partial charge in [-0.3, -0.25) is 0 Å². The Hall–Kier alpha value is -0.850. The van der Waals surface area contributed by atoms with Crippen LogP contribution in [-0.4, -0.2) is 0 Å². The molecule has 0 N–H and O–H groups in total. The number of pyridine rings is 1. The SMILES string of the molecule is CC(C)(C)[n+]1ccc(C2CCCC2)cc1.